The number of carbonyl (C=O) groups is 3. The number of hydrogen-bond acceptors (Lipinski definition) is 6. The largest absolute Gasteiger partial charge is 0.465 e. The minimum absolute atomic E-state index is 0.0562. The van der Waals surface area contributed by atoms with Crippen molar-refractivity contribution in [3.8, 4) is 0 Å². The predicted octanol–water partition coefficient (Wildman–Crippen LogP) is 3.81. The van der Waals surface area contributed by atoms with E-state index in [4.69, 9.17) is 9.47 Å². The average molecular weight is 459 g/mol. The summed E-state index contributed by atoms with van der Waals surface area (Å²) in [4.78, 5) is 38.9. The van der Waals surface area contributed by atoms with E-state index in [9.17, 15) is 14.4 Å². The molecule has 4 bridgehead atoms. The molecule has 8 heteroatoms. The monoisotopic (exact) mass is 458 g/mol. The van der Waals surface area contributed by atoms with Crippen LogP contribution >= 0.6 is 11.8 Å². The van der Waals surface area contributed by atoms with Crippen molar-refractivity contribution in [1.82, 2.24) is 5.32 Å². The number of ether oxygens (including phenoxy) is 2. The summed E-state index contributed by atoms with van der Waals surface area (Å²) in [7, 11) is 1.68. The van der Waals surface area contributed by atoms with Gasteiger partial charge in [0.2, 0.25) is 0 Å². The first kappa shape index (κ1) is 21.6. The van der Waals surface area contributed by atoms with Crippen LogP contribution in [0, 0.1) is 17.8 Å². The second-order valence-electron chi connectivity index (χ2n) is 9.77. The molecule has 7 nitrogen and oxygen atoms in total. The normalized spacial score (nSPS) is 34.4. The van der Waals surface area contributed by atoms with Crippen LogP contribution in [-0.4, -0.2) is 43.0 Å². The van der Waals surface area contributed by atoms with E-state index in [1.54, 1.807) is 14.0 Å². The van der Waals surface area contributed by atoms with E-state index in [1.165, 1.54) is 24.2 Å². The summed E-state index contributed by atoms with van der Waals surface area (Å²) in [6.07, 6.45) is 5.92. The molecule has 2 amide bonds. The highest BCUT2D eigenvalue weighted by Crippen LogP contribution is 2.57. The molecule has 1 aliphatic heterocycles. The zero-order valence-electron chi connectivity index (χ0n) is 18.6. The molecule has 1 aromatic carbocycles. The van der Waals surface area contributed by atoms with Crippen molar-refractivity contribution in [2.75, 3.05) is 24.3 Å². The third kappa shape index (κ3) is 3.56. The van der Waals surface area contributed by atoms with Gasteiger partial charge in [0, 0.05) is 12.6 Å². The molecule has 0 radical (unpaired) electrons. The molecule has 172 valence electrons. The first-order chi connectivity index (χ1) is 15.3. The Labute approximate surface area is 192 Å². The molecular formula is C24H30N2O5S. The Bertz CT molecular complexity index is 915. The van der Waals surface area contributed by atoms with Gasteiger partial charge in [0.1, 0.15) is 5.60 Å². The van der Waals surface area contributed by atoms with Crippen molar-refractivity contribution in [3.05, 3.63) is 29.8 Å². The van der Waals surface area contributed by atoms with Crippen LogP contribution < -0.4 is 10.2 Å². The predicted molar refractivity (Wildman–Crippen MR) is 121 cm³/mol. The van der Waals surface area contributed by atoms with E-state index in [0.29, 0.717) is 29.0 Å². The Balaban J connectivity index is 1.40. The summed E-state index contributed by atoms with van der Waals surface area (Å²) in [6.45, 7) is 2.00. The molecule has 0 spiro atoms. The van der Waals surface area contributed by atoms with Crippen LogP contribution in [0.1, 0.15) is 51.0 Å². The standard InChI is InChI=1S/C24H30N2O5S/c1-3-30-20(27)14-32-24(18-6-4-5-7-19(18)26(2)21(24)28)25-22(29)31-23-11-15-8-16(12-23)10-17(9-15)13-23/h4-7,15-17H,3,8-14H2,1-2H3,(H,25,29). The molecule has 4 fully saturated rings. The van der Waals surface area contributed by atoms with Crippen LogP contribution in [0.2, 0.25) is 0 Å². The fourth-order valence-electron chi connectivity index (χ4n) is 6.71. The fourth-order valence-corrected chi connectivity index (χ4v) is 7.87. The Morgan fingerprint density at radius 1 is 1.12 bits per heavy atom. The van der Waals surface area contributed by atoms with E-state index in [2.05, 4.69) is 5.32 Å². The Morgan fingerprint density at radius 2 is 1.75 bits per heavy atom. The molecule has 6 rings (SSSR count). The summed E-state index contributed by atoms with van der Waals surface area (Å²) < 4.78 is 11.2. The number of likely N-dealkylation sites (N-methyl/N-ethyl adjacent to an activating group) is 1. The lowest BCUT2D eigenvalue weighted by Gasteiger charge is -2.55. The number of para-hydroxylation sites is 1. The molecule has 32 heavy (non-hydrogen) atoms. The van der Waals surface area contributed by atoms with Gasteiger partial charge in [-0.15, -0.1) is 11.8 Å². The average Bonchev–Trinajstić information content (AvgIpc) is 2.93. The van der Waals surface area contributed by atoms with E-state index < -0.39 is 22.5 Å². The lowest BCUT2D eigenvalue weighted by atomic mass is 9.54. The maximum absolute atomic E-state index is 13.4. The van der Waals surface area contributed by atoms with Crippen molar-refractivity contribution in [1.29, 1.82) is 0 Å². The van der Waals surface area contributed by atoms with Crippen LogP contribution in [0.15, 0.2) is 24.3 Å². The lowest BCUT2D eigenvalue weighted by Crippen LogP contribution is -2.56. The highest BCUT2D eigenvalue weighted by Gasteiger charge is 2.56. The van der Waals surface area contributed by atoms with Crippen molar-refractivity contribution in [2.24, 2.45) is 17.8 Å². The number of carbonyl (C=O) groups excluding carboxylic acids is 3. The molecule has 1 aromatic rings. The van der Waals surface area contributed by atoms with Gasteiger partial charge in [0.25, 0.3) is 5.91 Å². The van der Waals surface area contributed by atoms with Gasteiger partial charge in [-0.3, -0.25) is 14.9 Å². The highest BCUT2D eigenvalue weighted by molar-refractivity contribution is 8.01. The maximum Gasteiger partial charge on any atom is 0.409 e. The smallest absolute Gasteiger partial charge is 0.409 e. The summed E-state index contributed by atoms with van der Waals surface area (Å²) in [5.41, 5.74) is 0.951. The second kappa shape index (κ2) is 7.97. The van der Waals surface area contributed by atoms with Crippen molar-refractivity contribution >= 4 is 35.4 Å². The molecular weight excluding hydrogens is 428 g/mol. The number of esters is 1. The number of anilines is 1. The second-order valence-corrected chi connectivity index (χ2v) is 11.0. The number of benzene rings is 1. The first-order valence-electron chi connectivity index (χ1n) is 11.5. The molecule has 1 atom stereocenters. The number of rotatable bonds is 6. The van der Waals surface area contributed by atoms with Crippen LogP contribution in [0.25, 0.3) is 0 Å². The van der Waals surface area contributed by atoms with Crippen molar-refractivity contribution in [3.63, 3.8) is 0 Å². The van der Waals surface area contributed by atoms with Crippen LogP contribution in [-0.2, 0) is 23.9 Å². The van der Waals surface area contributed by atoms with Crippen LogP contribution in [0.4, 0.5) is 10.5 Å². The van der Waals surface area contributed by atoms with Gasteiger partial charge in [0.05, 0.1) is 18.0 Å². The third-order valence-corrected chi connectivity index (χ3v) is 8.84. The summed E-state index contributed by atoms with van der Waals surface area (Å²) >= 11 is 1.08. The van der Waals surface area contributed by atoms with E-state index in [1.807, 2.05) is 24.3 Å². The minimum atomic E-state index is -1.42. The number of hydrogen-bond donors (Lipinski definition) is 1. The number of nitrogens with one attached hydrogen (secondary N) is 1. The molecule has 1 unspecified atom stereocenters. The van der Waals surface area contributed by atoms with E-state index in [0.717, 1.165) is 31.0 Å². The molecule has 0 saturated heterocycles. The quantitative estimate of drug-likeness (QED) is 0.516. The van der Waals surface area contributed by atoms with Gasteiger partial charge in [-0.05, 0) is 69.3 Å². The van der Waals surface area contributed by atoms with Crippen molar-refractivity contribution in [2.45, 2.75) is 55.9 Å². The summed E-state index contributed by atoms with van der Waals surface area (Å²) in [5, 5.41) is 2.90. The Morgan fingerprint density at radius 3 is 2.38 bits per heavy atom. The number of alkyl carbamates (subject to hydrolysis) is 1. The fraction of sp³-hybridized carbons (Fsp3) is 0.625. The molecule has 1 heterocycles. The number of nitrogens with zero attached hydrogens (tertiary/aromatic N) is 1. The molecule has 1 N–H and O–H groups in total. The van der Waals surface area contributed by atoms with E-state index >= 15 is 0 Å². The zero-order chi connectivity index (χ0) is 22.5. The van der Waals surface area contributed by atoms with Gasteiger partial charge >= 0.3 is 12.1 Å². The van der Waals surface area contributed by atoms with Gasteiger partial charge in [-0.1, -0.05) is 18.2 Å². The molecule has 4 aliphatic carbocycles. The van der Waals surface area contributed by atoms with Gasteiger partial charge < -0.3 is 14.4 Å². The van der Waals surface area contributed by atoms with Gasteiger partial charge in [-0.2, -0.15) is 0 Å². The van der Waals surface area contributed by atoms with Crippen LogP contribution in [0.3, 0.4) is 0 Å². The van der Waals surface area contributed by atoms with Gasteiger partial charge in [0.15, 0.2) is 4.87 Å². The Kier molecular flexibility index (Phi) is 5.39. The number of amides is 2. The van der Waals surface area contributed by atoms with Crippen LogP contribution in [0.5, 0.6) is 0 Å². The number of thioether (sulfide) groups is 1. The van der Waals surface area contributed by atoms with E-state index in [-0.39, 0.29) is 18.3 Å². The molecule has 0 aromatic heterocycles. The highest BCUT2D eigenvalue weighted by atomic mass is 32.2. The first-order valence-corrected chi connectivity index (χ1v) is 12.5. The SMILES string of the molecule is CCOC(=O)CSC1(NC(=O)OC23CC4CC(CC(C4)C2)C3)C(=O)N(C)c2ccccc21. The topological polar surface area (TPSA) is 84.9 Å². The molecule has 4 saturated carbocycles. The minimum Gasteiger partial charge on any atom is -0.465 e. The Hall–Kier alpha value is -2.22. The summed E-state index contributed by atoms with van der Waals surface area (Å²) in [5.74, 6) is 1.14. The summed E-state index contributed by atoms with van der Waals surface area (Å²) in [6, 6.07) is 7.34. The van der Waals surface area contributed by atoms with Crippen molar-refractivity contribution < 1.29 is 23.9 Å². The lowest BCUT2D eigenvalue weighted by molar-refractivity contribution is -0.139. The zero-order valence-corrected chi connectivity index (χ0v) is 19.4. The third-order valence-electron chi connectivity index (χ3n) is 7.53. The number of fused-ring (bicyclic) bond motifs is 1. The molecule has 5 aliphatic rings. The maximum atomic E-state index is 13.4. The van der Waals surface area contributed by atoms with Gasteiger partial charge in [-0.25, -0.2) is 4.79 Å².